The number of carbonyl (C=O) groups is 2. The molecule has 1 atom stereocenters. The number of alkyl halides is 3. The van der Waals surface area contributed by atoms with E-state index in [1.54, 1.807) is 4.90 Å². The Bertz CT molecular complexity index is 965. The fraction of sp³-hybridized carbons (Fsp3) is 0.556. The molecule has 1 aromatic carbocycles. The SMILES string of the molecule is CCC[C@H]1NC(=O)N(CN2CCN(S(=O)(=O)c3ccc(Cl)c(C(F)(F)F)c3)CC2)C1=O. The van der Waals surface area contributed by atoms with Gasteiger partial charge in [0.2, 0.25) is 10.0 Å². The van der Waals surface area contributed by atoms with Crippen LogP contribution in [0.25, 0.3) is 0 Å². The Labute approximate surface area is 183 Å². The van der Waals surface area contributed by atoms with Crippen molar-refractivity contribution in [3.05, 3.63) is 28.8 Å². The van der Waals surface area contributed by atoms with Crippen molar-refractivity contribution in [3.63, 3.8) is 0 Å². The topological polar surface area (TPSA) is 90.0 Å². The number of piperazine rings is 1. The molecule has 0 unspecified atom stereocenters. The monoisotopic (exact) mass is 482 g/mol. The van der Waals surface area contributed by atoms with Gasteiger partial charge in [-0.15, -0.1) is 0 Å². The average molecular weight is 483 g/mol. The molecule has 2 aliphatic rings. The molecule has 3 rings (SSSR count). The molecule has 2 saturated heterocycles. The highest BCUT2D eigenvalue weighted by molar-refractivity contribution is 7.89. The Morgan fingerprint density at radius 1 is 1.16 bits per heavy atom. The van der Waals surface area contributed by atoms with Crippen molar-refractivity contribution >= 4 is 33.6 Å². The molecule has 2 fully saturated rings. The summed E-state index contributed by atoms with van der Waals surface area (Å²) in [5, 5.41) is 2.04. The van der Waals surface area contributed by atoms with E-state index in [0.717, 1.165) is 27.8 Å². The Kier molecular flexibility index (Phi) is 6.84. The van der Waals surface area contributed by atoms with Crippen LogP contribution in [-0.2, 0) is 21.0 Å². The number of urea groups is 1. The largest absolute Gasteiger partial charge is 0.417 e. The summed E-state index contributed by atoms with van der Waals surface area (Å²) in [6.07, 6.45) is -3.50. The van der Waals surface area contributed by atoms with Crippen LogP contribution in [0.15, 0.2) is 23.1 Å². The van der Waals surface area contributed by atoms with Crippen LogP contribution in [0.2, 0.25) is 5.02 Å². The van der Waals surface area contributed by atoms with Gasteiger partial charge in [-0.3, -0.25) is 9.69 Å². The molecular formula is C18H22ClF3N4O4S. The number of halogens is 4. The second-order valence-corrected chi connectivity index (χ2v) is 9.71. The third-order valence-corrected chi connectivity index (χ3v) is 7.46. The number of rotatable bonds is 6. The Morgan fingerprint density at radius 2 is 1.81 bits per heavy atom. The number of carbonyl (C=O) groups excluding carboxylic acids is 2. The van der Waals surface area contributed by atoms with Crippen LogP contribution in [0, 0.1) is 0 Å². The Hall–Kier alpha value is -1.89. The van der Waals surface area contributed by atoms with E-state index in [0.29, 0.717) is 12.5 Å². The summed E-state index contributed by atoms with van der Waals surface area (Å²) in [4.78, 5) is 26.7. The summed E-state index contributed by atoms with van der Waals surface area (Å²) in [5.41, 5.74) is -1.21. The van der Waals surface area contributed by atoms with Crippen LogP contribution < -0.4 is 5.32 Å². The van der Waals surface area contributed by atoms with E-state index in [1.165, 1.54) is 0 Å². The predicted molar refractivity (Wildman–Crippen MR) is 106 cm³/mol. The van der Waals surface area contributed by atoms with Gasteiger partial charge < -0.3 is 5.32 Å². The van der Waals surface area contributed by atoms with Gasteiger partial charge in [0.1, 0.15) is 6.04 Å². The highest BCUT2D eigenvalue weighted by Gasteiger charge is 2.39. The molecule has 0 aliphatic carbocycles. The molecular weight excluding hydrogens is 461 g/mol. The number of amides is 3. The van der Waals surface area contributed by atoms with Gasteiger partial charge in [0.25, 0.3) is 5.91 Å². The summed E-state index contributed by atoms with van der Waals surface area (Å²) >= 11 is 5.57. The Balaban J connectivity index is 1.66. The molecule has 0 bridgehead atoms. The zero-order valence-electron chi connectivity index (χ0n) is 16.7. The molecule has 13 heteroatoms. The van der Waals surface area contributed by atoms with Gasteiger partial charge in [-0.1, -0.05) is 24.9 Å². The van der Waals surface area contributed by atoms with E-state index >= 15 is 0 Å². The van der Waals surface area contributed by atoms with E-state index in [-0.39, 0.29) is 38.8 Å². The zero-order valence-corrected chi connectivity index (χ0v) is 18.2. The van der Waals surface area contributed by atoms with E-state index < -0.39 is 43.8 Å². The summed E-state index contributed by atoms with van der Waals surface area (Å²) < 4.78 is 66.0. The maximum Gasteiger partial charge on any atom is 0.417 e. The molecule has 0 spiro atoms. The molecule has 31 heavy (non-hydrogen) atoms. The van der Waals surface area contributed by atoms with E-state index in [2.05, 4.69) is 5.32 Å². The molecule has 1 aromatic rings. The van der Waals surface area contributed by atoms with Crippen LogP contribution in [0.4, 0.5) is 18.0 Å². The summed E-state index contributed by atoms with van der Waals surface area (Å²) in [5.74, 6) is -0.317. The minimum atomic E-state index is -4.78. The molecule has 0 radical (unpaired) electrons. The molecule has 8 nitrogen and oxygen atoms in total. The minimum Gasteiger partial charge on any atom is -0.326 e. The first-order valence-corrected chi connectivity index (χ1v) is 11.5. The lowest BCUT2D eigenvalue weighted by molar-refractivity contribution is -0.137. The summed E-state index contributed by atoms with van der Waals surface area (Å²) in [6, 6.07) is 1.45. The molecule has 2 aliphatic heterocycles. The number of hydrogen-bond acceptors (Lipinski definition) is 5. The highest BCUT2D eigenvalue weighted by atomic mass is 35.5. The lowest BCUT2D eigenvalue weighted by Gasteiger charge is -2.35. The van der Waals surface area contributed by atoms with Crippen molar-refractivity contribution in [3.8, 4) is 0 Å². The van der Waals surface area contributed by atoms with Crippen molar-refractivity contribution < 1.29 is 31.2 Å². The average Bonchev–Trinajstić information content (AvgIpc) is 2.95. The van der Waals surface area contributed by atoms with Gasteiger partial charge in [-0.05, 0) is 24.6 Å². The molecule has 0 saturated carbocycles. The number of nitrogens with zero attached hydrogens (tertiary/aromatic N) is 3. The van der Waals surface area contributed by atoms with E-state index in [1.807, 2.05) is 6.92 Å². The van der Waals surface area contributed by atoms with Crippen molar-refractivity contribution in [2.45, 2.75) is 36.9 Å². The maximum atomic E-state index is 13.1. The lowest BCUT2D eigenvalue weighted by atomic mass is 10.2. The van der Waals surface area contributed by atoms with Crippen LogP contribution >= 0.6 is 11.6 Å². The molecule has 2 heterocycles. The molecule has 3 amide bonds. The number of hydrogen-bond donors (Lipinski definition) is 1. The van der Waals surface area contributed by atoms with Gasteiger partial charge in [0.05, 0.1) is 22.2 Å². The normalized spacial score (nSPS) is 21.6. The number of benzene rings is 1. The summed E-state index contributed by atoms with van der Waals surface area (Å²) in [7, 11) is -4.16. The van der Waals surface area contributed by atoms with Gasteiger partial charge in [0, 0.05) is 26.2 Å². The van der Waals surface area contributed by atoms with Gasteiger partial charge in [0.15, 0.2) is 0 Å². The smallest absolute Gasteiger partial charge is 0.326 e. The third-order valence-electron chi connectivity index (χ3n) is 5.24. The van der Waals surface area contributed by atoms with Crippen molar-refractivity contribution in [1.29, 1.82) is 0 Å². The number of sulfonamides is 1. The highest BCUT2D eigenvalue weighted by Crippen LogP contribution is 2.36. The lowest BCUT2D eigenvalue weighted by Crippen LogP contribution is -2.52. The van der Waals surface area contributed by atoms with E-state index in [9.17, 15) is 31.2 Å². The van der Waals surface area contributed by atoms with Crippen LogP contribution in [-0.4, -0.2) is 73.4 Å². The fourth-order valence-electron chi connectivity index (χ4n) is 3.54. The first-order chi connectivity index (χ1) is 14.4. The second kappa shape index (κ2) is 8.93. The van der Waals surface area contributed by atoms with Crippen LogP contribution in [0.3, 0.4) is 0 Å². The quantitative estimate of drug-likeness (QED) is 0.629. The van der Waals surface area contributed by atoms with Gasteiger partial charge in [-0.25, -0.2) is 18.1 Å². The zero-order chi connectivity index (χ0) is 23.0. The Morgan fingerprint density at radius 3 is 2.39 bits per heavy atom. The van der Waals surface area contributed by atoms with Crippen molar-refractivity contribution in [2.75, 3.05) is 32.8 Å². The summed E-state index contributed by atoms with van der Waals surface area (Å²) in [6.45, 7) is 2.38. The van der Waals surface area contributed by atoms with Crippen LogP contribution in [0.1, 0.15) is 25.3 Å². The van der Waals surface area contributed by atoms with Gasteiger partial charge in [-0.2, -0.15) is 17.5 Å². The number of nitrogens with one attached hydrogen (secondary N) is 1. The number of imide groups is 1. The maximum absolute atomic E-state index is 13.1. The van der Waals surface area contributed by atoms with Crippen molar-refractivity contribution in [2.24, 2.45) is 0 Å². The standard InChI is InChI=1S/C18H22ClF3N4O4S/c1-2-3-15-16(27)26(17(28)23-15)11-24-6-8-25(9-7-24)31(29,30)12-4-5-14(19)13(10-12)18(20,21)22/h4-5,10,15H,2-3,6-9,11H2,1H3,(H,23,28)/t15-/m1/s1. The molecule has 0 aromatic heterocycles. The van der Waals surface area contributed by atoms with E-state index in [4.69, 9.17) is 11.6 Å². The molecule has 1 N–H and O–H groups in total. The fourth-order valence-corrected chi connectivity index (χ4v) is 5.21. The predicted octanol–water partition coefficient (Wildman–Crippen LogP) is 2.34. The van der Waals surface area contributed by atoms with Gasteiger partial charge >= 0.3 is 12.2 Å². The first-order valence-electron chi connectivity index (χ1n) is 9.66. The van der Waals surface area contributed by atoms with Crippen molar-refractivity contribution in [1.82, 2.24) is 19.4 Å². The second-order valence-electron chi connectivity index (χ2n) is 7.36. The third kappa shape index (κ3) is 4.97. The minimum absolute atomic E-state index is 0.00828. The van der Waals surface area contributed by atoms with Crippen LogP contribution in [0.5, 0.6) is 0 Å². The first kappa shape index (κ1) is 23.8. The molecule has 172 valence electrons.